The Kier molecular flexibility index (Phi) is 10.3. The summed E-state index contributed by atoms with van der Waals surface area (Å²) in [6.07, 6.45) is -3.78. The lowest BCUT2D eigenvalue weighted by Crippen LogP contribution is -2.24. The third kappa shape index (κ3) is 8.36. The molecular weight excluding hydrogens is 621 g/mol. The van der Waals surface area contributed by atoms with Crippen LogP contribution in [0.4, 0.5) is 13.2 Å². The van der Waals surface area contributed by atoms with Crippen LogP contribution in [-0.2, 0) is 24.1 Å². The maximum Gasteiger partial charge on any atom is 0.416 e. The number of aromatic hydroxyl groups is 1. The molecule has 4 aromatic carbocycles. The van der Waals surface area contributed by atoms with Gasteiger partial charge in [0.25, 0.3) is 5.56 Å². The van der Waals surface area contributed by atoms with Gasteiger partial charge in [0.2, 0.25) is 0 Å². The molecule has 0 aliphatic heterocycles. The molecule has 0 radical (unpaired) electrons. The molecule has 0 saturated carbocycles. The minimum atomic E-state index is -4.63. The van der Waals surface area contributed by atoms with Crippen LogP contribution in [-0.4, -0.2) is 33.1 Å². The van der Waals surface area contributed by atoms with Crippen LogP contribution in [0.3, 0.4) is 0 Å². The van der Waals surface area contributed by atoms with E-state index in [-0.39, 0.29) is 55.7 Å². The van der Waals surface area contributed by atoms with E-state index >= 15 is 0 Å². The first-order valence-electron chi connectivity index (χ1n) is 14.3. The third-order valence-corrected chi connectivity index (χ3v) is 8.71. The number of phenols is 1. The highest BCUT2D eigenvalue weighted by atomic mass is 35.5. The molecule has 5 rings (SSSR count). The molecule has 0 fully saturated rings. The number of pyridine rings is 1. The number of hydrogen-bond donors (Lipinski definition) is 2. The molecule has 0 saturated heterocycles. The lowest BCUT2D eigenvalue weighted by Gasteiger charge is -2.22. The number of thioether (sulfide) groups is 1. The van der Waals surface area contributed by atoms with Crippen molar-refractivity contribution in [2.24, 2.45) is 0 Å². The first-order valence-corrected chi connectivity index (χ1v) is 15.7. The molecule has 0 spiro atoms. The Labute approximate surface area is 267 Å². The van der Waals surface area contributed by atoms with Crippen molar-refractivity contribution < 1.29 is 23.1 Å². The predicted octanol–water partition coefficient (Wildman–Crippen LogP) is 8.72. The average Bonchev–Trinajstić information content (AvgIpc) is 3.01. The number of carbonyl (C=O) groups is 1. The lowest BCUT2D eigenvalue weighted by atomic mass is 9.98. The minimum Gasteiger partial charge on any atom is -0.507 e. The summed E-state index contributed by atoms with van der Waals surface area (Å²) in [7, 11) is 0. The van der Waals surface area contributed by atoms with Crippen molar-refractivity contribution in [2.75, 3.05) is 12.3 Å². The summed E-state index contributed by atoms with van der Waals surface area (Å²) in [5.74, 6) is -0.433. The van der Waals surface area contributed by atoms with E-state index in [1.165, 1.54) is 24.3 Å². The van der Waals surface area contributed by atoms with E-state index in [0.29, 0.717) is 13.0 Å². The molecule has 0 unspecified atom stereocenters. The Balaban J connectivity index is 1.35. The van der Waals surface area contributed by atoms with Crippen molar-refractivity contribution in [3.8, 4) is 16.9 Å². The second kappa shape index (κ2) is 14.4. The lowest BCUT2D eigenvalue weighted by molar-refractivity contribution is -0.137. The number of alkyl halides is 3. The number of Topliss-reactive ketones (excluding diaryl/α,β-unsaturated/α-hetero) is 1. The molecule has 2 N–H and O–H groups in total. The third-order valence-electron chi connectivity index (χ3n) is 7.33. The number of H-pyrrole nitrogens is 1. The largest absolute Gasteiger partial charge is 0.507 e. The zero-order valence-corrected chi connectivity index (χ0v) is 25.7. The van der Waals surface area contributed by atoms with Gasteiger partial charge in [-0.2, -0.15) is 13.2 Å². The Morgan fingerprint density at radius 1 is 0.889 bits per heavy atom. The van der Waals surface area contributed by atoms with Gasteiger partial charge in [-0.25, -0.2) is 0 Å². The monoisotopic (exact) mass is 650 g/mol. The molecule has 10 heteroatoms. The fourth-order valence-corrected chi connectivity index (χ4v) is 6.36. The Bertz CT molecular complexity index is 1810. The van der Waals surface area contributed by atoms with Crippen LogP contribution in [0.15, 0.2) is 107 Å². The number of rotatable bonds is 12. The van der Waals surface area contributed by atoms with Crippen LogP contribution in [0.25, 0.3) is 22.0 Å². The highest BCUT2D eigenvalue weighted by Crippen LogP contribution is 2.42. The number of aromatic nitrogens is 1. The molecular formula is C35H30ClF3N2O3S. The van der Waals surface area contributed by atoms with Crippen LogP contribution >= 0.6 is 23.4 Å². The number of ketones is 1. The van der Waals surface area contributed by atoms with Gasteiger partial charge in [0.15, 0.2) is 0 Å². The smallest absolute Gasteiger partial charge is 0.416 e. The van der Waals surface area contributed by atoms with Gasteiger partial charge in [0.1, 0.15) is 11.5 Å². The molecule has 0 aliphatic rings. The van der Waals surface area contributed by atoms with Crippen LogP contribution in [0.5, 0.6) is 5.75 Å². The number of benzene rings is 4. The summed E-state index contributed by atoms with van der Waals surface area (Å²) in [5.41, 5.74) is 1.20. The molecule has 0 bridgehead atoms. The van der Waals surface area contributed by atoms with E-state index in [1.54, 1.807) is 0 Å². The molecule has 1 aromatic heterocycles. The van der Waals surface area contributed by atoms with E-state index in [1.807, 2.05) is 36.4 Å². The van der Waals surface area contributed by atoms with E-state index in [4.69, 9.17) is 11.6 Å². The Hall–Kier alpha value is -4.05. The molecule has 0 aliphatic carbocycles. The summed E-state index contributed by atoms with van der Waals surface area (Å²) >= 11 is 7.13. The van der Waals surface area contributed by atoms with Gasteiger partial charge >= 0.3 is 6.18 Å². The van der Waals surface area contributed by atoms with E-state index in [2.05, 4.69) is 34.1 Å². The van der Waals surface area contributed by atoms with Crippen LogP contribution < -0.4 is 5.56 Å². The number of aromatic amines is 1. The summed E-state index contributed by atoms with van der Waals surface area (Å²) in [6, 6.07) is 27.3. The summed E-state index contributed by atoms with van der Waals surface area (Å²) in [5, 5.41) is 11.0. The quantitative estimate of drug-likeness (QED) is 0.132. The van der Waals surface area contributed by atoms with Gasteiger partial charge in [-0.1, -0.05) is 72.3 Å². The van der Waals surface area contributed by atoms with Crippen molar-refractivity contribution in [2.45, 2.75) is 37.0 Å². The zero-order valence-electron chi connectivity index (χ0n) is 24.1. The van der Waals surface area contributed by atoms with Crippen molar-refractivity contribution in [3.63, 3.8) is 0 Å². The number of hydrogen-bond acceptors (Lipinski definition) is 5. The van der Waals surface area contributed by atoms with Gasteiger partial charge in [-0.3, -0.25) is 14.5 Å². The Morgan fingerprint density at radius 3 is 2.16 bits per heavy atom. The van der Waals surface area contributed by atoms with Crippen molar-refractivity contribution in [3.05, 3.63) is 129 Å². The van der Waals surface area contributed by atoms with Gasteiger partial charge in [-0.05, 0) is 60.5 Å². The van der Waals surface area contributed by atoms with Gasteiger partial charge < -0.3 is 10.1 Å². The molecule has 1 heterocycles. The van der Waals surface area contributed by atoms with Crippen LogP contribution in [0, 0.1) is 0 Å². The summed E-state index contributed by atoms with van der Waals surface area (Å²) in [6.45, 7) is 2.10. The van der Waals surface area contributed by atoms with Crippen molar-refractivity contribution in [1.82, 2.24) is 9.88 Å². The molecule has 0 atom stereocenters. The topological polar surface area (TPSA) is 73.4 Å². The van der Waals surface area contributed by atoms with Crippen LogP contribution in [0.1, 0.15) is 29.5 Å². The normalized spacial score (nSPS) is 11.8. The van der Waals surface area contributed by atoms with Gasteiger partial charge in [-0.15, -0.1) is 11.8 Å². The molecule has 0 amide bonds. The van der Waals surface area contributed by atoms with Crippen molar-refractivity contribution >= 4 is 40.0 Å². The maximum atomic E-state index is 13.7. The fourth-order valence-electron chi connectivity index (χ4n) is 5.19. The number of carbonyl (C=O) groups excluding carboxylic acids is 1. The molecule has 5 nitrogen and oxygen atoms in total. The fraction of sp³-hybridized carbons (Fsp3) is 0.200. The van der Waals surface area contributed by atoms with Gasteiger partial charge in [0, 0.05) is 46.6 Å². The first kappa shape index (κ1) is 32.3. The number of nitrogens with zero attached hydrogens (tertiary/aromatic N) is 1. The first-order chi connectivity index (χ1) is 21.6. The number of nitrogens with one attached hydrogen (secondary N) is 1. The SMILES string of the molecule is O=C(CCCN(Cc1ccccc1)Cc1ccccc1)CSc1c(-c2cc(Cl)ccc2O)c2cc(C(F)(F)F)ccc2[nH]c1=O. The highest BCUT2D eigenvalue weighted by molar-refractivity contribution is 8.00. The molecule has 45 heavy (non-hydrogen) atoms. The minimum absolute atomic E-state index is 0.0301. The number of fused-ring (bicyclic) bond motifs is 1. The molecule has 5 aromatic rings. The van der Waals surface area contributed by atoms with E-state index in [0.717, 1.165) is 48.1 Å². The van der Waals surface area contributed by atoms with E-state index < -0.39 is 17.3 Å². The number of halogens is 4. The second-order valence-electron chi connectivity index (χ2n) is 10.7. The zero-order chi connectivity index (χ0) is 32.0. The average molecular weight is 651 g/mol. The highest BCUT2D eigenvalue weighted by Gasteiger charge is 2.31. The van der Waals surface area contributed by atoms with Gasteiger partial charge in [0.05, 0.1) is 16.2 Å². The second-order valence-corrected chi connectivity index (χ2v) is 12.1. The predicted molar refractivity (Wildman–Crippen MR) is 174 cm³/mol. The maximum absolute atomic E-state index is 13.7. The Morgan fingerprint density at radius 2 is 1.53 bits per heavy atom. The summed E-state index contributed by atoms with van der Waals surface area (Å²) < 4.78 is 41.0. The standard InChI is InChI=1S/C35H30ClF3N2O3S/c36-26-14-16-31(43)29(19-26)32-28-18-25(35(37,38)39)13-15-30(28)40-34(44)33(32)45-22-27(42)12-7-17-41(20-23-8-3-1-4-9-23)21-24-10-5-2-6-11-24/h1-6,8-11,13-16,18-19,43H,7,12,17,20-22H2,(H,40,44). The molecule has 232 valence electrons. The van der Waals surface area contributed by atoms with Crippen molar-refractivity contribution in [1.29, 1.82) is 0 Å². The van der Waals surface area contributed by atoms with E-state index in [9.17, 15) is 27.9 Å². The van der Waals surface area contributed by atoms with Crippen LogP contribution in [0.2, 0.25) is 5.02 Å². The number of phenolic OH excluding ortho intramolecular Hbond substituents is 1. The summed E-state index contributed by atoms with van der Waals surface area (Å²) in [4.78, 5) is 31.2.